The van der Waals surface area contributed by atoms with Gasteiger partial charge in [0.15, 0.2) is 5.69 Å². The molecule has 0 radical (unpaired) electrons. The van der Waals surface area contributed by atoms with Gasteiger partial charge in [0.05, 0.1) is 23.8 Å². The molecule has 0 aliphatic heterocycles. The Morgan fingerprint density at radius 3 is 2.59 bits per heavy atom. The van der Waals surface area contributed by atoms with Crippen LogP contribution in [0.15, 0.2) is 54.7 Å². The molecule has 0 bridgehead atoms. The lowest BCUT2D eigenvalue weighted by Crippen LogP contribution is -2.07. The van der Waals surface area contributed by atoms with Crippen LogP contribution in [0, 0.1) is 0 Å². The lowest BCUT2D eigenvalue weighted by Gasteiger charge is -2.10. The van der Waals surface area contributed by atoms with Crippen LogP contribution in [0.3, 0.4) is 0 Å². The number of pyridine rings is 1. The summed E-state index contributed by atoms with van der Waals surface area (Å²) in [6, 6.07) is 15.6. The number of aromatic nitrogens is 2. The van der Waals surface area contributed by atoms with E-state index >= 15 is 0 Å². The minimum Gasteiger partial charge on any atom is -0.488 e. The third-order valence-electron chi connectivity index (χ3n) is 4.45. The summed E-state index contributed by atoms with van der Waals surface area (Å²) in [5, 5.41) is 11.1. The number of hydrogen-bond acceptors (Lipinski definition) is 4. The quantitative estimate of drug-likeness (QED) is 0.538. The van der Waals surface area contributed by atoms with Gasteiger partial charge in [-0.15, -0.1) is 0 Å². The zero-order chi connectivity index (χ0) is 18.8. The molecule has 4 rings (SSSR count). The van der Waals surface area contributed by atoms with Crippen LogP contribution in [0.5, 0.6) is 5.75 Å². The molecule has 0 aliphatic rings. The zero-order valence-electron chi connectivity index (χ0n) is 14.7. The lowest BCUT2D eigenvalue weighted by atomic mass is 10.1. The van der Waals surface area contributed by atoms with Gasteiger partial charge in [-0.1, -0.05) is 36.4 Å². The van der Waals surface area contributed by atoms with Crippen molar-refractivity contribution in [2.24, 2.45) is 0 Å². The van der Waals surface area contributed by atoms with E-state index in [4.69, 9.17) is 9.47 Å². The van der Waals surface area contributed by atoms with Crippen LogP contribution >= 0.6 is 0 Å². The number of methoxy groups -OCH3 is 1. The first-order valence-corrected chi connectivity index (χ1v) is 8.50. The summed E-state index contributed by atoms with van der Waals surface area (Å²) in [6.07, 6.45) is 1.54. The van der Waals surface area contributed by atoms with Crippen LogP contribution in [0.25, 0.3) is 21.8 Å². The van der Waals surface area contributed by atoms with Crippen molar-refractivity contribution in [2.45, 2.75) is 13.2 Å². The van der Waals surface area contributed by atoms with Crippen molar-refractivity contribution >= 4 is 27.8 Å². The Hall–Kier alpha value is -3.38. The molecule has 4 aromatic rings. The number of benzene rings is 2. The van der Waals surface area contributed by atoms with Crippen molar-refractivity contribution in [1.82, 2.24) is 9.97 Å². The monoisotopic (exact) mass is 362 g/mol. The number of carbonyl (C=O) groups is 1. The highest BCUT2D eigenvalue weighted by Crippen LogP contribution is 2.36. The van der Waals surface area contributed by atoms with Gasteiger partial charge in [0.25, 0.3) is 0 Å². The minimum atomic E-state index is -1.08. The van der Waals surface area contributed by atoms with E-state index in [0.29, 0.717) is 17.9 Å². The molecule has 0 spiro atoms. The van der Waals surface area contributed by atoms with E-state index in [1.54, 1.807) is 6.20 Å². The van der Waals surface area contributed by atoms with Crippen LogP contribution in [-0.2, 0) is 18.0 Å². The Balaban J connectivity index is 1.89. The Labute approximate surface area is 155 Å². The molecule has 0 saturated heterocycles. The van der Waals surface area contributed by atoms with Crippen LogP contribution in [0.4, 0.5) is 0 Å². The van der Waals surface area contributed by atoms with Crippen molar-refractivity contribution in [3.8, 4) is 5.75 Å². The summed E-state index contributed by atoms with van der Waals surface area (Å²) in [4.78, 5) is 19.0. The molecular formula is C21H18N2O4. The molecule has 0 amide bonds. The van der Waals surface area contributed by atoms with E-state index in [1.165, 1.54) is 7.11 Å². The standard InChI is InChI=1S/C21H18N2O4/c1-26-12-14-18-16(10-22-20(14)21(24)25)23-15-8-5-9-17(19(15)18)27-11-13-6-3-2-4-7-13/h2-10,23H,11-12H2,1H3,(H,24,25). The van der Waals surface area contributed by atoms with Crippen LogP contribution in [0.2, 0.25) is 0 Å². The molecule has 2 aromatic carbocycles. The highest BCUT2D eigenvalue weighted by molar-refractivity contribution is 6.13. The summed E-state index contributed by atoms with van der Waals surface area (Å²) in [5.41, 5.74) is 3.18. The predicted octanol–water partition coefficient (Wildman–Crippen LogP) is 4.14. The number of fused-ring (bicyclic) bond motifs is 3. The molecule has 2 heterocycles. The first kappa shape index (κ1) is 17.1. The maximum absolute atomic E-state index is 11.6. The van der Waals surface area contributed by atoms with E-state index in [1.807, 2.05) is 48.5 Å². The SMILES string of the molecule is COCc1c(C(=O)O)ncc2[nH]c3cccc(OCc4ccccc4)c3c12. The molecule has 6 nitrogen and oxygen atoms in total. The fraction of sp³-hybridized carbons (Fsp3) is 0.143. The zero-order valence-corrected chi connectivity index (χ0v) is 14.7. The Kier molecular flexibility index (Phi) is 4.48. The van der Waals surface area contributed by atoms with Crippen LogP contribution in [-0.4, -0.2) is 28.2 Å². The second-order valence-electron chi connectivity index (χ2n) is 6.19. The fourth-order valence-corrected chi connectivity index (χ4v) is 3.30. The van der Waals surface area contributed by atoms with Crippen molar-refractivity contribution in [3.63, 3.8) is 0 Å². The number of rotatable bonds is 6. The molecule has 6 heteroatoms. The van der Waals surface area contributed by atoms with Crippen LogP contribution < -0.4 is 4.74 Å². The number of aromatic amines is 1. The Morgan fingerprint density at radius 2 is 1.85 bits per heavy atom. The first-order valence-electron chi connectivity index (χ1n) is 8.50. The average molecular weight is 362 g/mol. The number of aromatic carboxylic acids is 1. The molecule has 0 unspecified atom stereocenters. The van der Waals surface area contributed by atoms with Crippen molar-refractivity contribution in [2.75, 3.05) is 7.11 Å². The summed E-state index contributed by atoms with van der Waals surface area (Å²) in [7, 11) is 1.53. The second kappa shape index (κ2) is 7.09. The third-order valence-corrected chi connectivity index (χ3v) is 4.45. The van der Waals surface area contributed by atoms with E-state index < -0.39 is 5.97 Å². The van der Waals surface area contributed by atoms with Crippen LogP contribution in [0.1, 0.15) is 21.6 Å². The van der Waals surface area contributed by atoms with Gasteiger partial charge in [0, 0.05) is 23.4 Å². The number of carboxylic acids is 1. The largest absolute Gasteiger partial charge is 0.488 e. The van der Waals surface area contributed by atoms with E-state index in [0.717, 1.165) is 27.4 Å². The van der Waals surface area contributed by atoms with E-state index in [2.05, 4.69) is 9.97 Å². The van der Waals surface area contributed by atoms with Gasteiger partial charge in [0.1, 0.15) is 12.4 Å². The van der Waals surface area contributed by atoms with Crippen molar-refractivity contribution < 1.29 is 19.4 Å². The molecule has 2 aromatic heterocycles. The first-order chi connectivity index (χ1) is 13.2. The minimum absolute atomic E-state index is 0.0110. The molecule has 0 saturated carbocycles. The number of nitrogens with one attached hydrogen (secondary N) is 1. The number of H-pyrrole nitrogens is 1. The normalized spacial score (nSPS) is 11.1. The van der Waals surface area contributed by atoms with E-state index in [-0.39, 0.29) is 12.3 Å². The van der Waals surface area contributed by atoms with Gasteiger partial charge in [-0.3, -0.25) is 0 Å². The third kappa shape index (κ3) is 3.11. The van der Waals surface area contributed by atoms with Gasteiger partial charge in [-0.05, 0) is 17.7 Å². The summed E-state index contributed by atoms with van der Waals surface area (Å²) in [6.45, 7) is 0.565. The van der Waals surface area contributed by atoms with Gasteiger partial charge in [-0.25, -0.2) is 9.78 Å². The Morgan fingerprint density at radius 1 is 1.04 bits per heavy atom. The Bertz CT molecular complexity index is 1120. The molecular weight excluding hydrogens is 344 g/mol. The topological polar surface area (TPSA) is 84.4 Å². The predicted molar refractivity (Wildman–Crippen MR) is 102 cm³/mol. The number of carboxylic acid groups (broad SMARTS) is 1. The van der Waals surface area contributed by atoms with Gasteiger partial charge < -0.3 is 19.6 Å². The fourth-order valence-electron chi connectivity index (χ4n) is 3.30. The number of ether oxygens (including phenoxy) is 2. The van der Waals surface area contributed by atoms with Gasteiger partial charge in [0.2, 0.25) is 0 Å². The highest BCUT2D eigenvalue weighted by atomic mass is 16.5. The molecule has 27 heavy (non-hydrogen) atoms. The average Bonchev–Trinajstić information content (AvgIpc) is 3.07. The number of hydrogen-bond donors (Lipinski definition) is 2. The molecule has 0 atom stereocenters. The summed E-state index contributed by atoms with van der Waals surface area (Å²) in [5.74, 6) is -0.400. The lowest BCUT2D eigenvalue weighted by molar-refractivity contribution is 0.0685. The molecule has 136 valence electrons. The van der Waals surface area contributed by atoms with E-state index in [9.17, 15) is 9.90 Å². The maximum atomic E-state index is 11.6. The van der Waals surface area contributed by atoms with Gasteiger partial charge in [-0.2, -0.15) is 0 Å². The second-order valence-corrected chi connectivity index (χ2v) is 6.19. The maximum Gasteiger partial charge on any atom is 0.354 e. The smallest absolute Gasteiger partial charge is 0.354 e. The highest BCUT2D eigenvalue weighted by Gasteiger charge is 2.20. The summed E-state index contributed by atoms with van der Waals surface area (Å²) >= 11 is 0. The van der Waals surface area contributed by atoms with Crippen molar-refractivity contribution in [3.05, 3.63) is 71.5 Å². The molecule has 0 fully saturated rings. The molecule has 2 N–H and O–H groups in total. The molecule has 0 aliphatic carbocycles. The summed E-state index contributed by atoms with van der Waals surface area (Å²) < 4.78 is 11.3. The number of nitrogens with zero attached hydrogens (tertiary/aromatic N) is 1. The van der Waals surface area contributed by atoms with Crippen molar-refractivity contribution in [1.29, 1.82) is 0 Å². The van der Waals surface area contributed by atoms with Gasteiger partial charge >= 0.3 is 5.97 Å².